The summed E-state index contributed by atoms with van der Waals surface area (Å²) in [5.74, 6) is -0.218. The normalized spacial score (nSPS) is 14.5. The monoisotopic (exact) mass is 795 g/mol. The molecule has 322 valence electrons. The maximum absolute atomic E-state index is 12.8. The summed E-state index contributed by atoms with van der Waals surface area (Å²) in [7, 11) is -4.35. The van der Waals surface area contributed by atoms with Crippen molar-refractivity contribution in [2.75, 3.05) is 19.8 Å². The Labute approximate surface area is 339 Å². The van der Waals surface area contributed by atoms with Crippen molar-refractivity contribution < 1.29 is 28.4 Å². The average Bonchev–Trinajstić information content (AvgIpc) is 3.17. The van der Waals surface area contributed by atoms with Gasteiger partial charge in [-0.1, -0.05) is 184 Å². The molecule has 0 aliphatic carbocycles. The van der Waals surface area contributed by atoms with Crippen LogP contribution in [0.5, 0.6) is 0 Å². The lowest BCUT2D eigenvalue weighted by Gasteiger charge is -2.23. The fourth-order valence-electron chi connectivity index (χ4n) is 6.41. The molecule has 0 radical (unpaired) electrons. The summed E-state index contributed by atoms with van der Waals surface area (Å²) >= 11 is 0. The van der Waals surface area contributed by atoms with E-state index in [1.54, 1.807) is 6.08 Å². The fraction of sp³-hybridized carbons (Fsp3) is 0.804. The van der Waals surface area contributed by atoms with Gasteiger partial charge in [0.2, 0.25) is 5.91 Å². The van der Waals surface area contributed by atoms with Gasteiger partial charge >= 0.3 is 7.82 Å². The third-order valence-electron chi connectivity index (χ3n) is 9.88. The number of aliphatic hydroxyl groups excluding tert-OH is 1. The summed E-state index contributed by atoms with van der Waals surface area (Å²) < 4.78 is 22.1. The molecule has 1 amide bonds. The molecule has 0 spiro atoms. The molecule has 8 nitrogen and oxygen atoms in total. The summed E-state index contributed by atoms with van der Waals surface area (Å²) in [5, 5.41) is 13.7. The van der Waals surface area contributed by atoms with Gasteiger partial charge in [-0.05, 0) is 64.2 Å². The Morgan fingerprint density at radius 1 is 0.600 bits per heavy atom. The standard InChI is InChI=1S/C46H87N2O6P/c1-3-5-7-9-11-13-15-17-19-21-22-23-24-25-27-29-31-33-35-37-39-45(49)44(43-54-55(51,52)53-42-41-47)48-46(50)40-38-36-34-32-30-28-26-20-18-16-14-12-10-8-6-4-2/h14,16,20,26,29,31,37,39,44-45,49H,3-13,15,17-19,21-25,27-28,30,32-36,38,40-43,47H2,1-2H3,(H,48,50)(H,51,52)/b16-14-,26-20-,31-29+,39-37+. The quantitative estimate of drug-likeness (QED) is 0.0275. The van der Waals surface area contributed by atoms with Gasteiger partial charge in [0.25, 0.3) is 0 Å². The molecule has 0 saturated carbocycles. The number of amides is 1. The van der Waals surface area contributed by atoms with Crippen LogP contribution >= 0.6 is 7.82 Å². The predicted molar refractivity (Wildman–Crippen MR) is 235 cm³/mol. The Morgan fingerprint density at radius 3 is 1.53 bits per heavy atom. The molecule has 0 aromatic rings. The molecule has 5 N–H and O–H groups in total. The van der Waals surface area contributed by atoms with Crippen molar-refractivity contribution in [2.45, 2.75) is 219 Å². The Bertz CT molecular complexity index is 1000. The summed E-state index contributed by atoms with van der Waals surface area (Å²) in [6.07, 6.45) is 51.6. The molecule has 0 bridgehead atoms. The van der Waals surface area contributed by atoms with Crippen LogP contribution in [-0.2, 0) is 18.4 Å². The van der Waals surface area contributed by atoms with E-state index in [1.165, 1.54) is 122 Å². The number of carbonyl (C=O) groups is 1. The van der Waals surface area contributed by atoms with E-state index in [0.29, 0.717) is 6.42 Å². The number of rotatable bonds is 42. The largest absolute Gasteiger partial charge is 0.472 e. The first-order valence-corrected chi connectivity index (χ1v) is 24.3. The first-order valence-electron chi connectivity index (χ1n) is 22.8. The van der Waals surface area contributed by atoms with Crippen molar-refractivity contribution in [1.82, 2.24) is 5.32 Å². The van der Waals surface area contributed by atoms with Crippen LogP contribution in [0.1, 0.15) is 206 Å². The number of nitrogens with one attached hydrogen (secondary N) is 1. The number of phosphoric acid groups is 1. The van der Waals surface area contributed by atoms with Crippen molar-refractivity contribution in [3.8, 4) is 0 Å². The van der Waals surface area contributed by atoms with Crippen molar-refractivity contribution in [3.63, 3.8) is 0 Å². The van der Waals surface area contributed by atoms with E-state index < -0.39 is 20.0 Å². The van der Waals surface area contributed by atoms with E-state index in [2.05, 4.69) is 55.6 Å². The molecule has 3 atom stereocenters. The molecule has 55 heavy (non-hydrogen) atoms. The smallest absolute Gasteiger partial charge is 0.387 e. The van der Waals surface area contributed by atoms with Gasteiger partial charge in [-0.15, -0.1) is 0 Å². The van der Waals surface area contributed by atoms with Crippen LogP contribution in [-0.4, -0.2) is 47.8 Å². The summed E-state index contributed by atoms with van der Waals surface area (Å²) in [5.41, 5.74) is 5.37. The van der Waals surface area contributed by atoms with Crippen molar-refractivity contribution >= 4 is 13.7 Å². The van der Waals surface area contributed by atoms with Crippen LogP contribution in [0.4, 0.5) is 0 Å². The number of carbonyl (C=O) groups excluding carboxylic acids is 1. The number of aliphatic hydroxyl groups is 1. The third-order valence-corrected chi connectivity index (χ3v) is 10.9. The number of hydrogen-bond acceptors (Lipinski definition) is 6. The van der Waals surface area contributed by atoms with E-state index in [4.69, 9.17) is 14.8 Å². The maximum atomic E-state index is 12.8. The van der Waals surface area contributed by atoms with Crippen molar-refractivity contribution in [1.29, 1.82) is 0 Å². The summed E-state index contributed by atoms with van der Waals surface area (Å²) in [6.45, 7) is 4.09. The van der Waals surface area contributed by atoms with Gasteiger partial charge in [-0.2, -0.15) is 0 Å². The molecular weight excluding hydrogens is 707 g/mol. The Hall–Kier alpha value is -1.54. The zero-order valence-corrected chi connectivity index (χ0v) is 36.6. The van der Waals surface area contributed by atoms with Crippen LogP contribution in [0.2, 0.25) is 0 Å². The summed E-state index contributed by atoms with van der Waals surface area (Å²) in [4.78, 5) is 22.7. The molecule has 0 aromatic carbocycles. The molecule has 9 heteroatoms. The molecule has 0 aromatic heterocycles. The molecule has 0 aliphatic heterocycles. The third kappa shape index (κ3) is 40.5. The minimum atomic E-state index is -4.35. The van der Waals surface area contributed by atoms with Crippen LogP contribution in [0, 0.1) is 0 Å². The number of hydrogen-bond donors (Lipinski definition) is 4. The molecule has 0 fully saturated rings. The molecule has 3 unspecified atom stereocenters. The average molecular weight is 795 g/mol. The van der Waals surface area contributed by atoms with E-state index in [0.717, 1.165) is 64.2 Å². The van der Waals surface area contributed by atoms with Crippen molar-refractivity contribution in [2.24, 2.45) is 5.73 Å². The van der Waals surface area contributed by atoms with Crippen LogP contribution in [0.25, 0.3) is 0 Å². The van der Waals surface area contributed by atoms with Gasteiger partial charge in [0.15, 0.2) is 0 Å². The highest BCUT2D eigenvalue weighted by atomic mass is 31.2. The second-order valence-corrected chi connectivity index (χ2v) is 16.7. The highest BCUT2D eigenvalue weighted by molar-refractivity contribution is 7.47. The Morgan fingerprint density at radius 2 is 1.02 bits per heavy atom. The van der Waals surface area contributed by atoms with Gasteiger partial charge in [0, 0.05) is 13.0 Å². The number of nitrogens with two attached hydrogens (primary N) is 1. The fourth-order valence-corrected chi connectivity index (χ4v) is 7.17. The van der Waals surface area contributed by atoms with E-state index in [-0.39, 0.29) is 25.7 Å². The Kier molecular flexibility index (Phi) is 40.9. The zero-order chi connectivity index (χ0) is 40.3. The molecule has 0 rings (SSSR count). The minimum Gasteiger partial charge on any atom is -0.387 e. The zero-order valence-electron chi connectivity index (χ0n) is 35.7. The van der Waals surface area contributed by atoms with E-state index >= 15 is 0 Å². The highest BCUT2D eigenvalue weighted by Gasteiger charge is 2.26. The van der Waals surface area contributed by atoms with Crippen molar-refractivity contribution in [3.05, 3.63) is 48.6 Å². The molecule has 0 saturated heterocycles. The second-order valence-electron chi connectivity index (χ2n) is 15.2. The topological polar surface area (TPSA) is 131 Å². The Balaban J connectivity index is 4.26. The highest BCUT2D eigenvalue weighted by Crippen LogP contribution is 2.43. The lowest BCUT2D eigenvalue weighted by molar-refractivity contribution is -0.123. The van der Waals surface area contributed by atoms with E-state index in [9.17, 15) is 19.4 Å². The van der Waals surface area contributed by atoms with Gasteiger partial charge < -0.3 is 21.1 Å². The van der Waals surface area contributed by atoms with Gasteiger partial charge in [-0.3, -0.25) is 13.8 Å². The SMILES string of the molecule is CCCCCC/C=C\C/C=C\CCCCCCCC(=O)NC(COP(=O)(O)OCCN)C(O)/C=C/CC/C=C/CCCCCCCCCCCCCCCC. The second kappa shape index (κ2) is 42.1. The summed E-state index contributed by atoms with van der Waals surface area (Å²) in [6, 6.07) is -0.885. The number of phosphoric ester groups is 1. The molecular formula is C46H87N2O6P. The number of allylic oxidation sites excluding steroid dienone is 7. The van der Waals surface area contributed by atoms with E-state index in [1.807, 2.05) is 6.08 Å². The molecule has 0 aliphatic rings. The van der Waals surface area contributed by atoms with Gasteiger partial charge in [-0.25, -0.2) is 4.57 Å². The molecule has 0 heterocycles. The minimum absolute atomic E-state index is 0.0704. The number of unbranched alkanes of at least 4 members (excludes halogenated alkanes) is 24. The predicted octanol–water partition coefficient (Wildman–Crippen LogP) is 12.9. The maximum Gasteiger partial charge on any atom is 0.472 e. The van der Waals surface area contributed by atoms with Crippen LogP contribution < -0.4 is 11.1 Å². The van der Waals surface area contributed by atoms with Crippen LogP contribution in [0.15, 0.2) is 48.6 Å². The lowest BCUT2D eigenvalue weighted by Crippen LogP contribution is -2.45. The van der Waals surface area contributed by atoms with Gasteiger partial charge in [0.1, 0.15) is 0 Å². The van der Waals surface area contributed by atoms with Crippen LogP contribution in [0.3, 0.4) is 0 Å². The first-order chi connectivity index (χ1) is 26.9. The van der Waals surface area contributed by atoms with Gasteiger partial charge in [0.05, 0.1) is 25.4 Å². The first kappa shape index (κ1) is 53.5. The lowest BCUT2D eigenvalue weighted by atomic mass is 10.0.